The highest BCUT2D eigenvalue weighted by molar-refractivity contribution is 5.82. The highest BCUT2D eigenvalue weighted by atomic mass is 16.2. The van der Waals surface area contributed by atoms with Crippen LogP contribution >= 0.6 is 0 Å². The molecule has 1 aliphatic heterocycles. The molecule has 1 amide bonds. The Labute approximate surface area is 127 Å². The van der Waals surface area contributed by atoms with Crippen molar-refractivity contribution in [3.05, 3.63) is 35.9 Å². The van der Waals surface area contributed by atoms with E-state index in [1.807, 2.05) is 24.8 Å². The maximum Gasteiger partial charge on any atom is 0.239 e. The van der Waals surface area contributed by atoms with Crippen molar-refractivity contribution in [2.75, 3.05) is 20.1 Å². The third-order valence-corrected chi connectivity index (χ3v) is 4.38. The lowest BCUT2D eigenvalue weighted by atomic mass is 10.0. The molecule has 4 heteroatoms. The third-order valence-electron chi connectivity index (χ3n) is 4.38. The monoisotopic (exact) mass is 289 g/mol. The second-order valence-electron chi connectivity index (χ2n) is 6.40. The van der Waals surface area contributed by atoms with E-state index in [4.69, 9.17) is 5.73 Å². The maximum absolute atomic E-state index is 12.3. The predicted molar refractivity (Wildman–Crippen MR) is 85.7 cm³/mol. The van der Waals surface area contributed by atoms with Crippen LogP contribution in [0.4, 0.5) is 0 Å². The minimum atomic E-state index is -0.372. The van der Waals surface area contributed by atoms with Gasteiger partial charge in [0.25, 0.3) is 0 Å². The van der Waals surface area contributed by atoms with Crippen LogP contribution in [0.15, 0.2) is 30.3 Å². The van der Waals surface area contributed by atoms with Gasteiger partial charge in [-0.25, -0.2) is 0 Å². The number of nitrogens with two attached hydrogens (primary N) is 1. The van der Waals surface area contributed by atoms with Crippen LogP contribution in [0, 0.1) is 5.92 Å². The summed E-state index contributed by atoms with van der Waals surface area (Å²) >= 11 is 0. The molecule has 21 heavy (non-hydrogen) atoms. The van der Waals surface area contributed by atoms with Crippen molar-refractivity contribution in [3.63, 3.8) is 0 Å². The highest BCUT2D eigenvalue weighted by Crippen LogP contribution is 2.18. The Morgan fingerprint density at radius 1 is 1.38 bits per heavy atom. The van der Waals surface area contributed by atoms with Crippen LogP contribution in [0.25, 0.3) is 0 Å². The fraction of sp³-hybridized carbons (Fsp3) is 0.588. The summed E-state index contributed by atoms with van der Waals surface area (Å²) in [6, 6.07) is 10.5. The summed E-state index contributed by atoms with van der Waals surface area (Å²) in [4.78, 5) is 16.6. The average Bonchev–Trinajstić information content (AvgIpc) is 2.96. The Bertz CT molecular complexity index is 460. The van der Waals surface area contributed by atoms with Gasteiger partial charge in [-0.15, -0.1) is 0 Å². The van der Waals surface area contributed by atoms with E-state index < -0.39 is 0 Å². The Morgan fingerprint density at radius 3 is 2.67 bits per heavy atom. The fourth-order valence-corrected chi connectivity index (χ4v) is 2.80. The number of hydrogen-bond donors (Lipinski definition) is 1. The molecule has 1 fully saturated rings. The van der Waals surface area contributed by atoms with Crippen LogP contribution in [-0.4, -0.2) is 47.9 Å². The van der Waals surface area contributed by atoms with E-state index in [0.29, 0.717) is 6.04 Å². The number of benzene rings is 1. The first-order chi connectivity index (χ1) is 9.99. The van der Waals surface area contributed by atoms with Gasteiger partial charge in [0.15, 0.2) is 0 Å². The van der Waals surface area contributed by atoms with E-state index in [2.05, 4.69) is 36.2 Å². The third kappa shape index (κ3) is 4.05. The number of rotatable bonds is 5. The highest BCUT2D eigenvalue weighted by Gasteiger charge is 2.32. The number of amides is 1. The minimum absolute atomic E-state index is 0.0978. The molecule has 0 radical (unpaired) electrons. The van der Waals surface area contributed by atoms with E-state index in [0.717, 1.165) is 26.1 Å². The first-order valence-electron chi connectivity index (χ1n) is 7.77. The number of likely N-dealkylation sites (tertiary alicyclic amines) is 1. The van der Waals surface area contributed by atoms with E-state index in [-0.39, 0.29) is 17.9 Å². The maximum atomic E-state index is 12.3. The summed E-state index contributed by atoms with van der Waals surface area (Å²) in [7, 11) is 2.13. The molecule has 116 valence electrons. The zero-order chi connectivity index (χ0) is 15.4. The Balaban J connectivity index is 1.88. The second-order valence-corrected chi connectivity index (χ2v) is 6.40. The van der Waals surface area contributed by atoms with Crippen LogP contribution in [-0.2, 0) is 11.3 Å². The molecule has 1 aromatic carbocycles. The number of hydrogen-bond acceptors (Lipinski definition) is 3. The first kappa shape index (κ1) is 16.0. The molecule has 1 heterocycles. The molecule has 0 spiro atoms. The molecule has 2 unspecified atom stereocenters. The molecule has 1 aliphatic rings. The zero-order valence-electron chi connectivity index (χ0n) is 13.3. The zero-order valence-corrected chi connectivity index (χ0v) is 13.3. The molecule has 4 nitrogen and oxygen atoms in total. The molecule has 2 N–H and O–H groups in total. The van der Waals surface area contributed by atoms with Crippen LogP contribution in [0.5, 0.6) is 0 Å². The molecule has 1 saturated heterocycles. The summed E-state index contributed by atoms with van der Waals surface area (Å²) in [6.45, 7) is 6.53. The summed E-state index contributed by atoms with van der Waals surface area (Å²) in [5, 5.41) is 0. The summed E-state index contributed by atoms with van der Waals surface area (Å²) < 4.78 is 0. The van der Waals surface area contributed by atoms with Crippen molar-refractivity contribution in [1.29, 1.82) is 0 Å². The van der Waals surface area contributed by atoms with Crippen molar-refractivity contribution in [1.82, 2.24) is 9.80 Å². The number of carbonyl (C=O) groups is 1. The lowest BCUT2D eigenvalue weighted by molar-refractivity contribution is -0.132. The summed E-state index contributed by atoms with van der Waals surface area (Å²) in [5.74, 6) is 0.291. The van der Waals surface area contributed by atoms with Crippen molar-refractivity contribution < 1.29 is 4.79 Å². The predicted octanol–water partition coefficient (Wildman–Crippen LogP) is 1.70. The minimum Gasteiger partial charge on any atom is -0.340 e. The number of nitrogens with zero attached hydrogens (tertiary/aromatic N) is 2. The summed E-state index contributed by atoms with van der Waals surface area (Å²) in [5.41, 5.74) is 7.29. The van der Waals surface area contributed by atoms with Gasteiger partial charge in [0.05, 0.1) is 6.04 Å². The van der Waals surface area contributed by atoms with Crippen LogP contribution in [0.1, 0.15) is 25.8 Å². The smallest absolute Gasteiger partial charge is 0.239 e. The molecule has 1 aromatic rings. The first-order valence-corrected chi connectivity index (χ1v) is 7.77. The van der Waals surface area contributed by atoms with Gasteiger partial charge in [0, 0.05) is 25.7 Å². The molecule has 0 aliphatic carbocycles. The van der Waals surface area contributed by atoms with Gasteiger partial charge in [-0.3, -0.25) is 9.69 Å². The molecular weight excluding hydrogens is 262 g/mol. The van der Waals surface area contributed by atoms with Gasteiger partial charge in [0.1, 0.15) is 0 Å². The molecular formula is C17H27N3O. The largest absolute Gasteiger partial charge is 0.340 e. The quantitative estimate of drug-likeness (QED) is 0.897. The Morgan fingerprint density at radius 2 is 2.05 bits per heavy atom. The van der Waals surface area contributed by atoms with Crippen molar-refractivity contribution in [2.45, 2.75) is 38.9 Å². The molecule has 2 atom stereocenters. The van der Waals surface area contributed by atoms with E-state index >= 15 is 0 Å². The standard InChI is InChI=1S/C17H27N3O/c1-13(2)16(18)17(21)20-10-9-15(12-20)19(3)11-14-7-5-4-6-8-14/h4-8,13,15-16H,9-12,18H2,1-3H3. The van der Waals surface area contributed by atoms with Gasteiger partial charge in [-0.2, -0.15) is 0 Å². The van der Waals surface area contributed by atoms with E-state index in [9.17, 15) is 4.79 Å². The van der Waals surface area contributed by atoms with Crippen molar-refractivity contribution >= 4 is 5.91 Å². The van der Waals surface area contributed by atoms with Gasteiger partial charge in [0.2, 0.25) is 5.91 Å². The second kappa shape index (κ2) is 7.05. The molecule has 0 bridgehead atoms. The fourth-order valence-electron chi connectivity index (χ4n) is 2.80. The van der Waals surface area contributed by atoms with Crippen LogP contribution in [0.3, 0.4) is 0 Å². The topological polar surface area (TPSA) is 49.6 Å². The lowest BCUT2D eigenvalue weighted by Gasteiger charge is -2.26. The molecule has 0 aromatic heterocycles. The average molecular weight is 289 g/mol. The molecule has 2 rings (SSSR count). The van der Waals surface area contributed by atoms with E-state index in [1.54, 1.807) is 0 Å². The van der Waals surface area contributed by atoms with Crippen LogP contribution in [0.2, 0.25) is 0 Å². The van der Waals surface area contributed by atoms with Gasteiger partial charge in [-0.1, -0.05) is 44.2 Å². The van der Waals surface area contributed by atoms with Gasteiger partial charge >= 0.3 is 0 Å². The van der Waals surface area contributed by atoms with Gasteiger partial charge in [-0.05, 0) is 24.9 Å². The Hall–Kier alpha value is -1.39. The van der Waals surface area contributed by atoms with Crippen LogP contribution < -0.4 is 5.73 Å². The van der Waals surface area contributed by atoms with E-state index in [1.165, 1.54) is 5.56 Å². The number of carbonyl (C=O) groups excluding carboxylic acids is 1. The lowest BCUT2D eigenvalue weighted by Crippen LogP contribution is -2.46. The normalized spacial score (nSPS) is 20.3. The van der Waals surface area contributed by atoms with Crippen molar-refractivity contribution in [3.8, 4) is 0 Å². The van der Waals surface area contributed by atoms with Gasteiger partial charge < -0.3 is 10.6 Å². The number of likely N-dealkylation sites (N-methyl/N-ethyl adjacent to an activating group) is 1. The molecule has 0 saturated carbocycles. The Kier molecular flexibility index (Phi) is 5.37. The SMILES string of the molecule is CC(C)C(N)C(=O)N1CCC(N(C)Cc2ccccc2)C1. The van der Waals surface area contributed by atoms with Crippen molar-refractivity contribution in [2.24, 2.45) is 11.7 Å². The summed E-state index contributed by atoms with van der Waals surface area (Å²) in [6.07, 6.45) is 1.03.